The Morgan fingerprint density at radius 3 is 2.64 bits per heavy atom. The molecule has 22 heavy (non-hydrogen) atoms. The fourth-order valence-corrected chi connectivity index (χ4v) is 2.78. The van der Waals surface area contributed by atoms with Crippen molar-refractivity contribution in [2.75, 3.05) is 5.32 Å². The van der Waals surface area contributed by atoms with E-state index in [1.807, 2.05) is 6.07 Å². The molecule has 2 aromatic rings. The monoisotopic (exact) mass is 315 g/mol. The van der Waals surface area contributed by atoms with E-state index in [1.54, 1.807) is 31.2 Å². The molecule has 1 unspecified atom stereocenters. The fraction of sp³-hybridized carbons (Fsp3) is 0.278. The number of rotatable bonds is 4. The van der Waals surface area contributed by atoms with Crippen LogP contribution in [0.4, 0.5) is 5.69 Å². The van der Waals surface area contributed by atoms with E-state index >= 15 is 0 Å². The molecule has 1 N–H and O–H groups in total. The van der Waals surface area contributed by atoms with Crippen LogP contribution in [0.25, 0.3) is 0 Å². The molecular formula is C18H18ClNO2. The van der Waals surface area contributed by atoms with Gasteiger partial charge >= 0.3 is 0 Å². The lowest BCUT2D eigenvalue weighted by Crippen LogP contribution is -2.30. The van der Waals surface area contributed by atoms with Gasteiger partial charge in [-0.15, -0.1) is 0 Å². The van der Waals surface area contributed by atoms with Gasteiger partial charge in [-0.2, -0.15) is 0 Å². The van der Waals surface area contributed by atoms with Crippen LogP contribution in [0.1, 0.15) is 24.5 Å². The summed E-state index contributed by atoms with van der Waals surface area (Å²) in [6, 6.07) is 13.1. The van der Waals surface area contributed by atoms with Crippen molar-refractivity contribution in [3.05, 3.63) is 58.6 Å². The van der Waals surface area contributed by atoms with E-state index in [0.29, 0.717) is 10.7 Å². The van der Waals surface area contributed by atoms with Gasteiger partial charge < -0.3 is 10.1 Å². The summed E-state index contributed by atoms with van der Waals surface area (Å²) in [7, 11) is 0. The Morgan fingerprint density at radius 2 is 1.86 bits per heavy atom. The molecule has 2 aromatic carbocycles. The van der Waals surface area contributed by atoms with Crippen LogP contribution in [-0.4, -0.2) is 12.0 Å². The highest BCUT2D eigenvalue weighted by Gasteiger charge is 2.17. The first-order chi connectivity index (χ1) is 10.6. The van der Waals surface area contributed by atoms with Crippen LogP contribution in [-0.2, 0) is 17.6 Å². The van der Waals surface area contributed by atoms with Crippen LogP contribution >= 0.6 is 11.6 Å². The van der Waals surface area contributed by atoms with Crippen molar-refractivity contribution in [2.24, 2.45) is 0 Å². The molecule has 1 aliphatic carbocycles. The molecule has 0 aliphatic heterocycles. The van der Waals surface area contributed by atoms with E-state index in [9.17, 15) is 4.79 Å². The van der Waals surface area contributed by atoms with Crippen LogP contribution < -0.4 is 10.1 Å². The summed E-state index contributed by atoms with van der Waals surface area (Å²) >= 11 is 5.83. The third-order valence-electron chi connectivity index (χ3n) is 3.86. The average molecular weight is 316 g/mol. The minimum absolute atomic E-state index is 0.178. The van der Waals surface area contributed by atoms with Crippen LogP contribution in [0.15, 0.2) is 42.5 Å². The molecule has 114 valence electrons. The molecule has 0 radical (unpaired) electrons. The Hall–Kier alpha value is -2.00. The fourth-order valence-electron chi connectivity index (χ4n) is 2.66. The van der Waals surface area contributed by atoms with Gasteiger partial charge in [0, 0.05) is 10.7 Å². The van der Waals surface area contributed by atoms with Crippen LogP contribution in [0.2, 0.25) is 5.02 Å². The van der Waals surface area contributed by atoms with Crippen molar-refractivity contribution in [3.8, 4) is 5.75 Å². The number of nitrogens with one attached hydrogen (secondary N) is 1. The molecule has 0 heterocycles. The second-order valence-electron chi connectivity index (χ2n) is 5.54. The van der Waals surface area contributed by atoms with Gasteiger partial charge in [0.1, 0.15) is 5.75 Å². The molecule has 1 atom stereocenters. The summed E-state index contributed by atoms with van der Waals surface area (Å²) in [6.07, 6.45) is 2.88. The Labute approximate surface area is 135 Å². The van der Waals surface area contributed by atoms with E-state index < -0.39 is 6.10 Å². The third kappa shape index (κ3) is 3.42. The van der Waals surface area contributed by atoms with Gasteiger partial charge in [-0.3, -0.25) is 4.79 Å². The molecule has 0 fully saturated rings. The van der Waals surface area contributed by atoms with Crippen LogP contribution in [0.5, 0.6) is 5.75 Å². The minimum atomic E-state index is -0.560. The topological polar surface area (TPSA) is 38.3 Å². The SMILES string of the molecule is CC(Oc1ccc2c(c1)CCC2)C(=O)Nc1ccc(Cl)cc1. The minimum Gasteiger partial charge on any atom is -0.481 e. The molecule has 1 aliphatic rings. The molecule has 0 aromatic heterocycles. The van der Waals surface area contributed by atoms with Crippen LogP contribution in [0.3, 0.4) is 0 Å². The van der Waals surface area contributed by atoms with Crippen molar-refractivity contribution in [1.82, 2.24) is 0 Å². The predicted octanol–water partition coefficient (Wildman–Crippen LogP) is 4.23. The summed E-state index contributed by atoms with van der Waals surface area (Å²) in [5.74, 6) is 0.572. The van der Waals surface area contributed by atoms with Gasteiger partial charge in [-0.05, 0) is 73.7 Å². The third-order valence-corrected chi connectivity index (χ3v) is 4.12. The summed E-state index contributed by atoms with van der Waals surface area (Å²) in [6.45, 7) is 1.75. The smallest absolute Gasteiger partial charge is 0.265 e. The molecular weight excluding hydrogens is 298 g/mol. The highest BCUT2D eigenvalue weighted by atomic mass is 35.5. The molecule has 0 spiro atoms. The highest BCUT2D eigenvalue weighted by Crippen LogP contribution is 2.26. The number of benzene rings is 2. The maximum Gasteiger partial charge on any atom is 0.265 e. The lowest BCUT2D eigenvalue weighted by molar-refractivity contribution is -0.122. The summed E-state index contributed by atoms with van der Waals surface area (Å²) in [5, 5.41) is 3.46. The predicted molar refractivity (Wildman–Crippen MR) is 88.6 cm³/mol. The van der Waals surface area contributed by atoms with E-state index in [-0.39, 0.29) is 5.91 Å². The number of hydrogen-bond acceptors (Lipinski definition) is 2. The zero-order chi connectivity index (χ0) is 15.5. The lowest BCUT2D eigenvalue weighted by atomic mass is 10.1. The highest BCUT2D eigenvalue weighted by molar-refractivity contribution is 6.30. The second-order valence-corrected chi connectivity index (χ2v) is 5.98. The maximum atomic E-state index is 12.2. The van der Waals surface area contributed by atoms with E-state index in [2.05, 4.69) is 17.4 Å². The molecule has 1 amide bonds. The Morgan fingerprint density at radius 1 is 1.14 bits per heavy atom. The maximum absolute atomic E-state index is 12.2. The number of hydrogen-bond donors (Lipinski definition) is 1. The zero-order valence-electron chi connectivity index (χ0n) is 12.4. The van der Waals surface area contributed by atoms with Gasteiger partial charge in [0.15, 0.2) is 6.10 Å². The first-order valence-corrected chi connectivity index (χ1v) is 7.84. The van der Waals surface area contributed by atoms with Gasteiger partial charge in [-0.25, -0.2) is 0 Å². The van der Waals surface area contributed by atoms with Crippen LogP contribution in [0, 0.1) is 0 Å². The number of ether oxygens (including phenoxy) is 1. The lowest BCUT2D eigenvalue weighted by Gasteiger charge is -2.15. The summed E-state index contributed by atoms with van der Waals surface area (Å²) in [4.78, 5) is 12.2. The molecule has 3 rings (SSSR count). The van der Waals surface area contributed by atoms with Gasteiger partial charge in [0.05, 0.1) is 0 Å². The van der Waals surface area contributed by atoms with E-state index in [4.69, 9.17) is 16.3 Å². The van der Waals surface area contributed by atoms with Crippen molar-refractivity contribution in [2.45, 2.75) is 32.3 Å². The molecule has 0 saturated heterocycles. The van der Waals surface area contributed by atoms with Crippen molar-refractivity contribution in [1.29, 1.82) is 0 Å². The number of amides is 1. The summed E-state index contributed by atoms with van der Waals surface area (Å²) < 4.78 is 5.76. The van der Waals surface area contributed by atoms with Gasteiger partial charge in [0.2, 0.25) is 0 Å². The number of carbonyl (C=O) groups is 1. The summed E-state index contributed by atoms with van der Waals surface area (Å²) in [5.41, 5.74) is 3.44. The number of carbonyl (C=O) groups excluding carboxylic acids is 1. The Balaban J connectivity index is 1.62. The standard InChI is InChI=1S/C18H18ClNO2/c1-12(18(21)20-16-8-6-15(19)7-9-16)22-17-10-5-13-3-2-4-14(13)11-17/h5-12H,2-4H2,1H3,(H,20,21). The van der Waals surface area contributed by atoms with Crippen molar-refractivity contribution in [3.63, 3.8) is 0 Å². The molecule has 0 bridgehead atoms. The van der Waals surface area contributed by atoms with Gasteiger partial charge in [-0.1, -0.05) is 17.7 Å². The van der Waals surface area contributed by atoms with Crippen molar-refractivity contribution < 1.29 is 9.53 Å². The Kier molecular flexibility index (Phi) is 4.34. The first-order valence-electron chi connectivity index (χ1n) is 7.47. The van der Waals surface area contributed by atoms with Gasteiger partial charge in [0.25, 0.3) is 5.91 Å². The largest absolute Gasteiger partial charge is 0.481 e. The number of anilines is 1. The number of halogens is 1. The zero-order valence-corrected chi connectivity index (χ0v) is 13.2. The number of aryl methyl sites for hydroxylation is 2. The number of fused-ring (bicyclic) bond motifs is 1. The molecule has 0 saturated carbocycles. The Bertz CT molecular complexity index is 682. The normalized spacial score (nSPS) is 14.3. The van der Waals surface area contributed by atoms with E-state index in [0.717, 1.165) is 18.6 Å². The first kappa shape index (κ1) is 14.9. The quantitative estimate of drug-likeness (QED) is 0.916. The molecule has 4 heteroatoms. The van der Waals surface area contributed by atoms with Crippen molar-refractivity contribution >= 4 is 23.2 Å². The molecule has 3 nitrogen and oxygen atoms in total. The van der Waals surface area contributed by atoms with E-state index in [1.165, 1.54) is 17.5 Å². The second kappa shape index (κ2) is 6.41. The average Bonchev–Trinajstić information content (AvgIpc) is 2.97.